The van der Waals surface area contributed by atoms with Gasteiger partial charge in [-0.05, 0) is 36.2 Å². The highest BCUT2D eigenvalue weighted by Gasteiger charge is 2.25. The Morgan fingerprint density at radius 3 is 2.68 bits per heavy atom. The number of ether oxygens (including phenoxy) is 1. The van der Waals surface area contributed by atoms with Crippen LogP contribution in [0.3, 0.4) is 0 Å². The molecule has 1 aromatic carbocycles. The lowest BCUT2D eigenvalue weighted by Crippen LogP contribution is -2.30. The van der Waals surface area contributed by atoms with Crippen molar-refractivity contribution in [3.05, 3.63) is 64.1 Å². The molecule has 2 heterocycles. The number of pyridine rings is 1. The molecule has 3 rings (SSSR count). The largest absolute Gasteiger partial charge is 0.477 e. The predicted molar refractivity (Wildman–Crippen MR) is 119 cm³/mol. The van der Waals surface area contributed by atoms with E-state index in [1.807, 2.05) is 6.07 Å². The Kier molecular flexibility index (Phi) is 8.49. The summed E-state index contributed by atoms with van der Waals surface area (Å²) in [5, 5.41) is 16.5. The average molecular weight is 516 g/mol. The monoisotopic (exact) mass is 515 g/mol. The lowest BCUT2D eigenvalue weighted by Gasteiger charge is -2.09. The first-order valence-corrected chi connectivity index (χ1v) is 10.8. The Balaban J connectivity index is 1.56. The van der Waals surface area contributed by atoms with Crippen molar-refractivity contribution in [2.75, 3.05) is 23.7 Å². The van der Waals surface area contributed by atoms with Gasteiger partial charge >= 0.3 is 12.0 Å². The van der Waals surface area contributed by atoms with Crippen LogP contribution in [-0.2, 0) is 6.61 Å². The molecule has 0 aliphatic rings. The number of rotatable bonds is 10. The first kappa shape index (κ1) is 25.1. The molecule has 0 atom stereocenters. The summed E-state index contributed by atoms with van der Waals surface area (Å²) in [7, 11) is 0. The van der Waals surface area contributed by atoms with E-state index in [2.05, 4.69) is 25.3 Å². The third-order valence-corrected chi connectivity index (χ3v) is 5.30. The van der Waals surface area contributed by atoms with Crippen molar-refractivity contribution < 1.29 is 32.6 Å². The second kappa shape index (κ2) is 11.5. The van der Waals surface area contributed by atoms with E-state index in [4.69, 9.17) is 16.3 Å². The number of carbonyl (C=O) groups is 2. The molecular weight excluding hydrogens is 499 g/mol. The van der Waals surface area contributed by atoms with E-state index in [-0.39, 0.29) is 11.5 Å². The Morgan fingerprint density at radius 1 is 1.18 bits per heavy atom. The molecule has 3 aromatic rings. The fourth-order valence-electron chi connectivity index (χ4n) is 2.65. The van der Waals surface area contributed by atoms with Crippen molar-refractivity contribution in [3.8, 4) is 5.88 Å². The molecule has 0 spiro atoms. The molecule has 0 aliphatic carbocycles. The summed E-state index contributed by atoms with van der Waals surface area (Å²) in [5.74, 6) is -5.51. The lowest BCUT2D eigenvalue weighted by atomic mass is 10.2. The summed E-state index contributed by atoms with van der Waals surface area (Å²) in [6.07, 6.45) is 2.20. The zero-order valence-electron chi connectivity index (χ0n) is 17.2. The summed E-state index contributed by atoms with van der Waals surface area (Å²) in [5.41, 5.74) is -1.31. The number of aromatic nitrogens is 2. The van der Waals surface area contributed by atoms with Crippen molar-refractivity contribution in [3.63, 3.8) is 0 Å². The van der Waals surface area contributed by atoms with E-state index in [9.17, 15) is 27.9 Å². The number of carboxylic acid groups (broad SMARTS) is 1. The molecule has 34 heavy (non-hydrogen) atoms. The van der Waals surface area contributed by atoms with E-state index in [1.54, 1.807) is 18.3 Å². The number of aromatic carboxylic acids is 1. The zero-order chi connectivity index (χ0) is 24.7. The van der Waals surface area contributed by atoms with Gasteiger partial charge in [0.1, 0.15) is 23.2 Å². The molecule has 0 aliphatic heterocycles. The number of urea groups is 1. The van der Waals surface area contributed by atoms with Crippen LogP contribution in [0.2, 0.25) is 5.02 Å². The molecule has 0 saturated heterocycles. The normalized spacial score (nSPS) is 10.6. The Morgan fingerprint density at radius 2 is 1.97 bits per heavy atom. The van der Waals surface area contributed by atoms with E-state index in [0.29, 0.717) is 36.4 Å². The molecule has 9 nitrogen and oxygen atoms in total. The number of carboxylic acids is 1. The molecule has 2 amide bonds. The maximum absolute atomic E-state index is 13.9. The summed E-state index contributed by atoms with van der Waals surface area (Å²) < 4.78 is 50.3. The molecule has 4 N–H and O–H groups in total. The second-order valence-corrected chi connectivity index (χ2v) is 7.79. The van der Waals surface area contributed by atoms with Gasteiger partial charge in [-0.2, -0.15) is 4.37 Å². The Labute approximate surface area is 200 Å². The van der Waals surface area contributed by atoms with Crippen LogP contribution in [-0.4, -0.2) is 39.6 Å². The maximum atomic E-state index is 13.9. The number of nitrogens with one attached hydrogen (secondary N) is 3. The van der Waals surface area contributed by atoms with Crippen LogP contribution in [0.4, 0.5) is 28.8 Å². The first-order chi connectivity index (χ1) is 16.3. The molecular formula is C20H17ClF3N5O4S. The average Bonchev–Trinajstić information content (AvgIpc) is 3.20. The highest BCUT2D eigenvalue weighted by atomic mass is 35.5. The maximum Gasteiger partial charge on any atom is 0.344 e. The molecule has 0 fully saturated rings. The molecule has 180 valence electrons. The summed E-state index contributed by atoms with van der Waals surface area (Å²) in [4.78, 5) is 27.8. The van der Waals surface area contributed by atoms with Gasteiger partial charge in [0.05, 0.1) is 10.6 Å². The van der Waals surface area contributed by atoms with Gasteiger partial charge < -0.3 is 20.5 Å². The zero-order valence-corrected chi connectivity index (χ0v) is 18.8. The molecule has 0 radical (unpaired) electrons. The van der Waals surface area contributed by atoms with Gasteiger partial charge in [-0.1, -0.05) is 17.7 Å². The highest BCUT2D eigenvalue weighted by molar-refractivity contribution is 7.11. The number of benzene rings is 1. The van der Waals surface area contributed by atoms with E-state index < -0.39 is 58.1 Å². The number of hydrogen-bond donors (Lipinski definition) is 4. The van der Waals surface area contributed by atoms with Crippen molar-refractivity contribution >= 4 is 46.0 Å². The van der Waals surface area contributed by atoms with E-state index in [0.717, 1.165) is 0 Å². The van der Waals surface area contributed by atoms with Gasteiger partial charge in [0, 0.05) is 19.3 Å². The minimum Gasteiger partial charge on any atom is -0.477 e. The number of nitrogens with zero attached hydrogens (tertiary/aromatic N) is 2. The number of anilines is 2. The van der Waals surface area contributed by atoms with Gasteiger partial charge in [0.25, 0.3) is 0 Å². The van der Waals surface area contributed by atoms with Gasteiger partial charge in [0.2, 0.25) is 5.88 Å². The van der Waals surface area contributed by atoms with E-state index >= 15 is 0 Å². The van der Waals surface area contributed by atoms with Crippen molar-refractivity contribution in [2.45, 2.75) is 13.0 Å². The predicted octanol–water partition coefficient (Wildman–Crippen LogP) is 4.51. The van der Waals surface area contributed by atoms with Crippen molar-refractivity contribution in [2.24, 2.45) is 0 Å². The van der Waals surface area contributed by atoms with Crippen LogP contribution in [0.15, 0.2) is 30.5 Å². The topological polar surface area (TPSA) is 125 Å². The third kappa shape index (κ3) is 6.26. The van der Waals surface area contributed by atoms with Crippen LogP contribution in [0.1, 0.15) is 22.3 Å². The van der Waals surface area contributed by atoms with Gasteiger partial charge in [-0.25, -0.2) is 27.7 Å². The number of halogens is 4. The van der Waals surface area contributed by atoms with Crippen molar-refractivity contribution in [1.82, 2.24) is 14.7 Å². The standard InChI is InChI=1S/C20H17ClF3N5O4S/c21-11-8-12(22)10(15(23)16(11)24)9-33-17-14(19(30)31)18(34-29-17)28-20(32)27-7-3-6-26-13-4-1-2-5-25-13/h1-2,4-5,8H,3,6-7,9H2,(H,25,26)(H,30,31)(H2,27,28,32). The number of hydrogen-bond acceptors (Lipinski definition) is 7. The van der Waals surface area contributed by atoms with Gasteiger partial charge in [-0.3, -0.25) is 5.32 Å². The third-order valence-electron chi connectivity index (χ3n) is 4.27. The SMILES string of the molecule is O=C(NCCCNc1ccccn1)Nc1snc(OCc2c(F)cc(Cl)c(F)c2F)c1C(=O)O. The summed E-state index contributed by atoms with van der Waals surface area (Å²) >= 11 is 5.96. The lowest BCUT2D eigenvalue weighted by molar-refractivity contribution is 0.0693. The van der Waals surface area contributed by atoms with Gasteiger partial charge in [-0.15, -0.1) is 0 Å². The quantitative estimate of drug-likeness (QED) is 0.178. The number of amides is 2. The van der Waals surface area contributed by atoms with Crippen LogP contribution >= 0.6 is 23.1 Å². The molecule has 14 heteroatoms. The second-order valence-electron chi connectivity index (χ2n) is 6.61. The van der Waals surface area contributed by atoms with Crippen LogP contribution in [0.25, 0.3) is 0 Å². The minimum absolute atomic E-state index is 0.158. The first-order valence-electron chi connectivity index (χ1n) is 9.65. The Bertz CT molecular complexity index is 1180. The number of carbonyl (C=O) groups excluding carboxylic acids is 1. The molecule has 2 aromatic heterocycles. The van der Waals surface area contributed by atoms with Gasteiger partial charge in [0.15, 0.2) is 17.2 Å². The smallest absolute Gasteiger partial charge is 0.344 e. The minimum atomic E-state index is -1.56. The fraction of sp³-hybridized carbons (Fsp3) is 0.200. The summed E-state index contributed by atoms with van der Waals surface area (Å²) in [6, 6.07) is 5.29. The molecule has 0 saturated carbocycles. The summed E-state index contributed by atoms with van der Waals surface area (Å²) in [6.45, 7) is -0.0454. The van der Waals surface area contributed by atoms with E-state index in [1.165, 1.54) is 0 Å². The Hall–Kier alpha value is -3.58. The van der Waals surface area contributed by atoms with Crippen molar-refractivity contribution in [1.29, 1.82) is 0 Å². The molecule has 0 unspecified atom stereocenters. The van der Waals surface area contributed by atoms with Crippen LogP contribution in [0, 0.1) is 17.5 Å². The fourth-order valence-corrected chi connectivity index (χ4v) is 3.55. The highest BCUT2D eigenvalue weighted by Crippen LogP contribution is 2.32. The molecule has 0 bridgehead atoms. The van der Waals surface area contributed by atoms with Crippen LogP contribution < -0.4 is 20.7 Å². The van der Waals surface area contributed by atoms with Crippen LogP contribution in [0.5, 0.6) is 5.88 Å².